The maximum atomic E-state index is 12.4. The van der Waals surface area contributed by atoms with Gasteiger partial charge in [0.2, 0.25) is 0 Å². The number of anilines is 1. The number of thiazole rings is 1. The van der Waals surface area contributed by atoms with E-state index in [1.165, 1.54) is 11.3 Å². The van der Waals surface area contributed by atoms with Crippen LogP contribution >= 0.6 is 11.3 Å². The van der Waals surface area contributed by atoms with Crippen LogP contribution in [0.25, 0.3) is 10.6 Å². The number of benzene rings is 2. The summed E-state index contributed by atoms with van der Waals surface area (Å²) in [5, 5.41) is 2.60. The van der Waals surface area contributed by atoms with Crippen molar-refractivity contribution in [1.29, 1.82) is 0 Å². The third kappa shape index (κ3) is 5.45. The first-order valence-electron chi connectivity index (χ1n) is 9.80. The van der Waals surface area contributed by atoms with Crippen LogP contribution in [0.15, 0.2) is 60.0 Å². The molecule has 0 radical (unpaired) electrons. The van der Waals surface area contributed by atoms with Gasteiger partial charge in [0, 0.05) is 17.6 Å². The molecule has 0 saturated heterocycles. The van der Waals surface area contributed by atoms with Gasteiger partial charge in [0.05, 0.1) is 24.3 Å². The smallest absolute Gasteiger partial charge is 0.312 e. The first kappa shape index (κ1) is 21.5. The zero-order valence-corrected chi connectivity index (χ0v) is 17.9. The summed E-state index contributed by atoms with van der Waals surface area (Å²) in [4.78, 5) is 30.8. The largest absolute Gasteiger partial charge is 0.493 e. The van der Waals surface area contributed by atoms with Crippen LogP contribution in [-0.2, 0) is 20.7 Å². The van der Waals surface area contributed by atoms with Crippen LogP contribution < -0.4 is 9.64 Å². The second-order valence-corrected chi connectivity index (χ2v) is 7.24. The maximum absolute atomic E-state index is 12.4. The quantitative estimate of drug-likeness (QED) is 0.478. The van der Waals surface area contributed by atoms with E-state index in [-0.39, 0.29) is 18.9 Å². The van der Waals surface area contributed by atoms with Gasteiger partial charge in [-0.2, -0.15) is 0 Å². The fourth-order valence-electron chi connectivity index (χ4n) is 2.97. The fraction of sp³-hybridized carbons (Fsp3) is 0.261. The molecule has 0 N–H and O–H groups in total. The van der Waals surface area contributed by atoms with Gasteiger partial charge in [-0.15, -0.1) is 11.3 Å². The van der Waals surface area contributed by atoms with Crippen LogP contribution in [0.1, 0.15) is 19.5 Å². The van der Waals surface area contributed by atoms with Crippen LogP contribution in [0.2, 0.25) is 0 Å². The Morgan fingerprint density at radius 2 is 1.77 bits per heavy atom. The van der Waals surface area contributed by atoms with E-state index in [9.17, 15) is 9.59 Å². The minimum absolute atomic E-state index is 0.0119. The summed E-state index contributed by atoms with van der Waals surface area (Å²) < 4.78 is 10.8. The lowest BCUT2D eigenvalue weighted by atomic mass is 10.2. The number of esters is 1. The predicted molar refractivity (Wildman–Crippen MR) is 118 cm³/mol. The Balaban J connectivity index is 1.58. The number of likely N-dealkylation sites (N-methyl/N-ethyl adjacent to an activating group) is 1. The summed E-state index contributed by atoms with van der Waals surface area (Å²) in [6.45, 7) is 4.57. The van der Waals surface area contributed by atoms with Crippen LogP contribution in [0, 0.1) is 0 Å². The number of aromatic nitrogens is 1. The van der Waals surface area contributed by atoms with Gasteiger partial charge in [-0.3, -0.25) is 9.59 Å². The van der Waals surface area contributed by atoms with Crippen molar-refractivity contribution in [1.82, 2.24) is 4.98 Å². The molecule has 0 fully saturated rings. The normalized spacial score (nSPS) is 10.5. The van der Waals surface area contributed by atoms with Crippen molar-refractivity contribution in [3.05, 3.63) is 65.7 Å². The van der Waals surface area contributed by atoms with Gasteiger partial charge in [-0.05, 0) is 38.1 Å². The highest BCUT2D eigenvalue weighted by atomic mass is 32.1. The van der Waals surface area contributed by atoms with Gasteiger partial charge < -0.3 is 14.4 Å². The first-order valence-corrected chi connectivity index (χ1v) is 10.7. The van der Waals surface area contributed by atoms with Crippen molar-refractivity contribution >= 4 is 28.9 Å². The molecular formula is C23H24N2O4S. The molecule has 3 rings (SSSR count). The Labute approximate surface area is 180 Å². The number of amides is 1. The molecule has 0 bridgehead atoms. The molecule has 0 saturated carbocycles. The van der Waals surface area contributed by atoms with Crippen molar-refractivity contribution in [2.24, 2.45) is 0 Å². The standard InChI is InChI=1S/C23H24N2O4S/c1-3-25(18-10-6-5-7-11-18)21(26)15-29-22(27)14-17-16-30-23(24-17)19-12-8-9-13-20(19)28-4-2/h5-13,16H,3-4,14-15H2,1-2H3. The van der Waals surface area contributed by atoms with Crippen LogP contribution in [-0.4, -0.2) is 36.6 Å². The van der Waals surface area contributed by atoms with Gasteiger partial charge in [0.25, 0.3) is 5.91 Å². The number of rotatable bonds is 9. The van der Waals surface area contributed by atoms with Gasteiger partial charge in [0.15, 0.2) is 6.61 Å². The predicted octanol–water partition coefficient (Wildman–Crippen LogP) is 4.35. The van der Waals surface area contributed by atoms with Crippen molar-refractivity contribution in [3.63, 3.8) is 0 Å². The molecule has 0 spiro atoms. The van der Waals surface area contributed by atoms with Crippen LogP contribution in [0.5, 0.6) is 5.75 Å². The van der Waals surface area contributed by atoms with Crippen LogP contribution in [0.3, 0.4) is 0 Å². The molecule has 2 aromatic carbocycles. The van der Waals surface area contributed by atoms with Gasteiger partial charge in [-0.25, -0.2) is 4.98 Å². The lowest BCUT2D eigenvalue weighted by Crippen LogP contribution is -2.34. The van der Waals surface area contributed by atoms with E-state index < -0.39 is 5.97 Å². The Morgan fingerprint density at radius 3 is 2.50 bits per heavy atom. The molecular weight excluding hydrogens is 400 g/mol. The minimum atomic E-state index is -0.484. The maximum Gasteiger partial charge on any atom is 0.312 e. The minimum Gasteiger partial charge on any atom is -0.493 e. The Bertz CT molecular complexity index is 988. The van der Waals surface area contributed by atoms with Crippen molar-refractivity contribution in [2.45, 2.75) is 20.3 Å². The summed E-state index contributed by atoms with van der Waals surface area (Å²) in [7, 11) is 0. The van der Waals surface area contributed by atoms with Gasteiger partial charge in [0.1, 0.15) is 10.8 Å². The van der Waals surface area contributed by atoms with E-state index in [2.05, 4.69) is 4.98 Å². The summed E-state index contributed by atoms with van der Waals surface area (Å²) in [5.41, 5.74) is 2.27. The Kier molecular flexibility index (Phi) is 7.57. The molecule has 0 aliphatic heterocycles. The van der Waals surface area contributed by atoms with E-state index in [1.54, 1.807) is 4.90 Å². The summed E-state index contributed by atoms with van der Waals surface area (Å²) in [6, 6.07) is 17.0. The van der Waals surface area contributed by atoms with Crippen molar-refractivity contribution < 1.29 is 19.1 Å². The molecule has 156 valence electrons. The number of hydrogen-bond acceptors (Lipinski definition) is 6. The first-order chi connectivity index (χ1) is 14.6. The number of hydrogen-bond donors (Lipinski definition) is 0. The topological polar surface area (TPSA) is 68.7 Å². The fourth-order valence-corrected chi connectivity index (χ4v) is 3.82. The molecule has 0 atom stereocenters. The molecule has 1 amide bonds. The number of nitrogens with zero attached hydrogens (tertiary/aromatic N) is 2. The highest BCUT2D eigenvalue weighted by Crippen LogP contribution is 2.32. The lowest BCUT2D eigenvalue weighted by Gasteiger charge is -2.20. The molecule has 1 aromatic heterocycles. The number of carbonyl (C=O) groups excluding carboxylic acids is 2. The molecule has 1 heterocycles. The molecule has 7 heteroatoms. The Hall–Kier alpha value is -3.19. The molecule has 6 nitrogen and oxygen atoms in total. The SMILES string of the molecule is CCOc1ccccc1-c1nc(CC(=O)OCC(=O)N(CC)c2ccccc2)cs1. The zero-order chi connectivity index (χ0) is 21.3. The van der Waals surface area contributed by atoms with E-state index in [0.29, 0.717) is 18.8 Å². The molecule has 30 heavy (non-hydrogen) atoms. The second-order valence-electron chi connectivity index (χ2n) is 6.38. The highest BCUT2D eigenvalue weighted by molar-refractivity contribution is 7.13. The average molecular weight is 425 g/mol. The Morgan fingerprint density at radius 1 is 1.03 bits per heavy atom. The zero-order valence-electron chi connectivity index (χ0n) is 17.0. The summed E-state index contributed by atoms with van der Waals surface area (Å²) in [5.74, 6) is 0.0127. The summed E-state index contributed by atoms with van der Waals surface area (Å²) >= 11 is 1.44. The van der Waals surface area contributed by atoms with Crippen LogP contribution in [0.4, 0.5) is 5.69 Å². The average Bonchev–Trinajstić information content (AvgIpc) is 3.22. The van der Waals surface area contributed by atoms with Gasteiger partial charge in [-0.1, -0.05) is 30.3 Å². The van der Waals surface area contributed by atoms with Gasteiger partial charge >= 0.3 is 5.97 Å². The highest BCUT2D eigenvalue weighted by Gasteiger charge is 2.17. The number of ether oxygens (including phenoxy) is 2. The third-order valence-electron chi connectivity index (χ3n) is 4.34. The van der Waals surface area contributed by atoms with E-state index in [4.69, 9.17) is 9.47 Å². The molecule has 3 aromatic rings. The number of para-hydroxylation sites is 2. The molecule has 0 unspecified atom stereocenters. The van der Waals surface area contributed by atoms with E-state index in [1.807, 2.05) is 73.8 Å². The molecule has 0 aliphatic rings. The van der Waals surface area contributed by atoms with E-state index >= 15 is 0 Å². The molecule has 0 aliphatic carbocycles. The van der Waals surface area contributed by atoms with Crippen molar-refractivity contribution in [2.75, 3.05) is 24.7 Å². The lowest BCUT2D eigenvalue weighted by molar-refractivity contribution is -0.147. The van der Waals surface area contributed by atoms with E-state index in [0.717, 1.165) is 22.0 Å². The third-order valence-corrected chi connectivity index (χ3v) is 5.26. The number of carbonyl (C=O) groups is 2. The second kappa shape index (κ2) is 10.5. The summed E-state index contributed by atoms with van der Waals surface area (Å²) in [6.07, 6.45) is 0.0119. The van der Waals surface area contributed by atoms with Crippen molar-refractivity contribution in [3.8, 4) is 16.3 Å². The monoisotopic (exact) mass is 424 g/mol.